The van der Waals surface area contributed by atoms with E-state index in [4.69, 9.17) is 16.0 Å². The van der Waals surface area contributed by atoms with Crippen LogP contribution in [0.5, 0.6) is 0 Å². The number of carbonyl (C=O) groups excluding carboxylic acids is 1. The number of rotatable bonds is 6. The van der Waals surface area contributed by atoms with Gasteiger partial charge in [-0.3, -0.25) is 4.79 Å². The predicted molar refractivity (Wildman–Crippen MR) is 58.6 cm³/mol. The minimum atomic E-state index is -1.64. The number of carbonyl (C=O) groups is 1. The molecule has 0 fully saturated rings. The number of hydrogen-bond donors (Lipinski definition) is 0. The van der Waals surface area contributed by atoms with Crippen LogP contribution in [0.2, 0.25) is 19.6 Å². The molecule has 0 bridgehead atoms. The molecule has 0 amide bonds. The number of unbranched alkanes of at least 4 members (excludes halogenated alkanes) is 1. The molecular weight excluding hydrogens is 204 g/mol. The minimum absolute atomic E-state index is 0.351. The average Bonchev–Trinajstić information content (AvgIpc) is 1.95. The zero-order valence-corrected chi connectivity index (χ0v) is 10.6. The van der Waals surface area contributed by atoms with Gasteiger partial charge in [0.1, 0.15) is 6.10 Å². The van der Waals surface area contributed by atoms with Gasteiger partial charge in [-0.2, -0.15) is 0 Å². The lowest BCUT2D eigenvalue weighted by Crippen LogP contribution is -2.35. The third-order valence-corrected chi connectivity index (χ3v) is 2.80. The Labute approximate surface area is 86.7 Å². The smallest absolute Gasteiger partial charge is 0.249 e. The zero-order chi connectivity index (χ0) is 10.5. The second-order valence-corrected chi connectivity index (χ2v) is 9.00. The molecule has 0 saturated carbocycles. The molecule has 1 atom stereocenters. The van der Waals surface area contributed by atoms with Gasteiger partial charge in [0.05, 0.1) is 0 Å². The van der Waals surface area contributed by atoms with Crippen LogP contribution in [0.3, 0.4) is 0 Å². The van der Waals surface area contributed by atoms with Crippen LogP contribution >= 0.6 is 11.6 Å². The van der Waals surface area contributed by atoms with E-state index in [1.54, 1.807) is 0 Å². The Bertz CT molecular complexity index is 165. The van der Waals surface area contributed by atoms with E-state index in [1.807, 2.05) is 0 Å². The third-order valence-electron chi connectivity index (χ3n) is 1.57. The van der Waals surface area contributed by atoms with Crippen molar-refractivity contribution < 1.29 is 9.22 Å². The summed E-state index contributed by atoms with van der Waals surface area (Å²) in [6.45, 7) is 8.27. The van der Waals surface area contributed by atoms with Crippen LogP contribution in [-0.2, 0) is 9.22 Å². The molecule has 0 aromatic carbocycles. The van der Waals surface area contributed by atoms with Gasteiger partial charge in [0, 0.05) is 0 Å². The Balaban J connectivity index is 4.03. The highest BCUT2D eigenvalue weighted by Gasteiger charge is 2.24. The second kappa shape index (κ2) is 5.78. The Morgan fingerprint density at radius 2 is 2.00 bits per heavy atom. The fraction of sp³-hybridized carbons (Fsp3) is 0.889. The predicted octanol–water partition coefficient (Wildman–Crippen LogP) is 3.16. The molecule has 0 rings (SSSR count). The number of halogens is 1. The SMILES string of the molecule is CCCCC(O[Si](C)(C)C)C(=O)Cl. The van der Waals surface area contributed by atoms with Gasteiger partial charge in [-0.25, -0.2) is 0 Å². The van der Waals surface area contributed by atoms with Gasteiger partial charge < -0.3 is 4.43 Å². The molecule has 2 nitrogen and oxygen atoms in total. The van der Waals surface area contributed by atoms with Crippen molar-refractivity contribution in [3.63, 3.8) is 0 Å². The first kappa shape index (κ1) is 13.1. The minimum Gasteiger partial charge on any atom is -0.406 e. The van der Waals surface area contributed by atoms with Crippen LogP contribution in [0.1, 0.15) is 26.2 Å². The topological polar surface area (TPSA) is 26.3 Å². The maximum absolute atomic E-state index is 11.0. The fourth-order valence-corrected chi connectivity index (χ4v) is 2.34. The lowest BCUT2D eigenvalue weighted by molar-refractivity contribution is -0.118. The van der Waals surface area contributed by atoms with E-state index >= 15 is 0 Å². The molecule has 0 radical (unpaired) electrons. The molecule has 4 heteroatoms. The van der Waals surface area contributed by atoms with E-state index in [1.165, 1.54) is 0 Å². The Kier molecular flexibility index (Phi) is 5.84. The summed E-state index contributed by atoms with van der Waals surface area (Å²) in [5, 5.41) is -0.351. The maximum Gasteiger partial charge on any atom is 0.249 e. The first-order chi connectivity index (χ1) is 5.87. The van der Waals surface area contributed by atoms with Crippen molar-refractivity contribution >= 4 is 25.2 Å². The number of hydrogen-bond acceptors (Lipinski definition) is 2. The summed E-state index contributed by atoms with van der Waals surface area (Å²) in [5.41, 5.74) is 0. The van der Waals surface area contributed by atoms with Crippen LogP contribution in [-0.4, -0.2) is 19.7 Å². The molecular formula is C9H19ClO2Si. The van der Waals surface area contributed by atoms with Gasteiger partial charge in [-0.1, -0.05) is 19.8 Å². The van der Waals surface area contributed by atoms with Crippen molar-refractivity contribution in [3.8, 4) is 0 Å². The normalized spacial score (nSPS) is 14.2. The fourth-order valence-electron chi connectivity index (χ4n) is 1.04. The zero-order valence-electron chi connectivity index (χ0n) is 8.89. The van der Waals surface area contributed by atoms with Crippen LogP contribution < -0.4 is 0 Å². The first-order valence-corrected chi connectivity index (χ1v) is 8.52. The van der Waals surface area contributed by atoms with Gasteiger partial charge in [0.15, 0.2) is 8.32 Å². The summed E-state index contributed by atoms with van der Waals surface area (Å²) < 4.78 is 5.66. The summed E-state index contributed by atoms with van der Waals surface area (Å²) in [4.78, 5) is 11.0. The molecule has 0 saturated heterocycles. The van der Waals surface area contributed by atoms with E-state index in [0.29, 0.717) is 0 Å². The van der Waals surface area contributed by atoms with Crippen LogP contribution in [0.4, 0.5) is 0 Å². The highest BCUT2D eigenvalue weighted by atomic mass is 35.5. The highest BCUT2D eigenvalue weighted by Crippen LogP contribution is 2.14. The highest BCUT2D eigenvalue weighted by molar-refractivity contribution is 6.71. The van der Waals surface area contributed by atoms with Crippen molar-refractivity contribution in [2.24, 2.45) is 0 Å². The van der Waals surface area contributed by atoms with Crippen LogP contribution in [0, 0.1) is 0 Å². The van der Waals surface area contributed by atoms with Crippen LogP contribution in [0.25, 0.3) is 0 Å². The van der Waals surface area contributed by atoms with Gasteiger partial charge in [0.2, 0.25) is 5.24 Å². The quantitative estimate of drug-likeness (QED) is 0.510. The van der Waals surface area contributed by atoms with E-state index < -0.39 is 8.32 Å². The molecule has 0 aromatic heterocycles. The molecule has 0 spiro atoms. The van der Waals surface area contributed by atoms with Crippen molar-refractivity contribution in [3.05, 3.63) is 0 Å². The second-order valence-electron chi connectivity index (χ2n) is 4.17. The molecule has 0 aliphatic rings. The van der Waals surface area contributed by atoms with Crippen molar-refractivity contribution in [1.82, 2.24) is 0 Å². The molecule has 0 N–H and O–H groups in total. The average molecular weight is 223 g/mol. The Hall–Kier alpha value is 0.137. The van der Waals surface area contributed by atoms with Crippen molar-refractivity contribution in [2.45, 2.75) is 51.9 Å². The first-order valence-electron chi connectivity index (χ1n) is 4.74. The Morgan fingerprint density at radius 1 is 1.46 bits per heavy atom. The van der Waals surface area contributed by atoms with Gasteiger partial charge in [0.25, 0.3) is 0 Å². The van der Waals surface area contributed by atoms with Gasteiger partial charge >= 0.3 is 0 Å². The van der Waals surface area contributed by atoms with Gasteiger partial charge in [-0.15, -0.1) is 0 Å². The summed E-state index contributed by atoms with van der Waals surface area (Å²) in [6.07, 6.45) is 2.43. The van der Waals surface area contributed by atoms with Gasteiger partial charge in [-0.05, 0) is 37.7 Å². The van der Waals surface area contributed by atoms with Crippen molar-refractivity contribution in [1.29, 1.82) is 0 Å². The lowest BCUT2D eigenvalue weighted by Gasteiger charge is -2.23. The molecule has 0 aromatic rings. The van der Waals surface area contributed by atoms with E-state index in [-0.39, 0.29) is 11.3 Å². The third kappa shape index (κ3) is 7.23. The van der Waals surface area contributed by atoms with E-state index in [2.05, 4.69) is 26.6 Å². The molecule has 13 heavy (non-hydrogen) atoms. The molecule has 0 aliphatic heterocycles. The Morgan fingerprint density at radius 3 is 2.31 bits per heavy atom. The summed E-state index contributed by atoms with van der Waals surface area (Å²) >= 11 is 5.44. The molecule has 1 unspecified atom stereocenters. The van der Waals surface area contributed by atoms with Crippen LogP contribution in [0.15, 0.2) is 0 Å². The van der Waals surface area contributed by atoms with E-state index in [0.717, 1.165) is 19.3 Å². The molecule has 78 valence electrons. The van der Waals surface area contributed by atoms with Crippen molar-refractivity contribution in [2.75, 3.05) is 0 Å². The maximum atomic E-state index is 11.0. The summed E-state index contributed by atoms with van der Waals surface area (Å²) in [6, 6.07) is 0. The largest absolute Gasteiger partial charge is 0.406 e. The monoisotopic (exact) mass is 222 g/mol. The molecule has 0 aliphatic carbocycles. The molecule has 0 heterocycles. The summed E-state index contributed by atoms with van der Waals surface area (Å²) in [5.74, 6) is 0. The standard InChI is InChI=1S/C9H19ClO2Si/c1-5-6-7-8(9(10)11)12-13(2,3)4/h8H,5-7H2,1-4H3. The summed E-state index contributed by atoms with van der Waals surface area (Å²) in [7, 11) is -1.64. The van der Waals surface area contributed by atoms with E-state index in [9.17, 15) is 4.79 Å². The lowest BCUT2D eigenvalue weighted by atomic mass is 10.2.